The molecular formula is C23H26N4O5S. The van der Waals surface area contributed by atoms with Gasteiger partial charge in [-0.1, -0.05) is 19.1 Å². The summed E-state index contributed by atoms with van der Waals surface area (Å²) in [6.07, 6.45) is 2.26. The quantitative estimate of drug-likeness (QED) is 0.458. The number of nitrogens with two attached hydrogens (primary N) is 1. The van der Waals surface area contributed by atoms with E-state index < -0.39 is 17.8 Å². The van der Waals surface area contributed by atoms with E-state index in [2.05, 4.69) is 10.4 Å². The van der Waals surface area contributed by atoms with Crippen LogP contribution in [0.5, 0.6) is 5.75 Å². The molecule has 2 heterocycles. The molecule has 0 saturated heterocycles. The fourth-order valence-electron chi connectivity index (χ4n) is 3.07. The molecule has 0 fully saturated rings. The summed E-state index contributed by atoms with van der Waals surface area (Å²) in [5.41, 5.74) is 8.10. The molecule has 1 aromatic carbocycles. The number of benzene rings is 1. The number of hydrogen-bond acceptors (Lipinski definition) is 7. The van der Waals surface area contributed by atoms with Crippen molar-refractivity contribution in [3.05, 3.63) is 63.3 Å². The van der Waals surface area contributed by atoms with E-state index in [0.717, 1.165) is 28.2 Å². The second kappa shape index (κ2) is 10.3. The summed E-state index contributed by atoms with van der Waals surface area (Å²) in [6, 6.07) is 7.44. The van der Waals surface area contributed by atoms with Crippen molar-refractivity contribution in [3.8, 4) is 5.75 Å². The molecular weight excluding hydrogens is 444 g/mol. The zero-order valence-electron chi connectivity index (χ0n) is 18.9. The fraction of sp³-hybridized carbons (Fsp3) is 0.304. The molecule has 0 radical (unpaired) electrons. The number of nitrogens with zero attached hydrogens (tertiary/aromatic N) is 2. The average Bonchev–Trinajstić information content (AvgIpc) is 3.37. The van der Waals surface area contributed by atoms with Crippen LogP contribution in [0.3, 0.4) is 0 Å². The van der Waals surface area contributed by atoms with E-state index in [1.165, 1.54) is 10.7 Å². The SMILES string of the molecule is CCCOC(=O)c1c(NC(=O)c2ccn(COc3cc(C)ccc3C)n2)sc(C(N)=O)c1C. The van der Waals surface area contributed by atoms with E-state index in [1.54, 1.807) is 13.1 Å². The summed E-state index contributed by atoms with van der Waals surface area (Å²) < 4.78 is 12.5. The van der Waals surface area contributed by atoms with E-state index in [0.29, 0.717) is 12.0 Å². The van der Waals surface area contributed by atoms with Crippen LogP contribution in [0.4, 0.5) is 5.00 Å². The maximum absolute atomic E-state index is 12.8. The number of nitrogens with one attached hydrogen (secondary N) is 1. The van der Waals surface area contributed by atoms with Crippen LogP contribution < -0.4 is 15.8 Å². The number of amides is 2. The van der Waals surface area contributed by atoms with Crippen LogP contribution in [0.15, 0.2) is 30.5 Å². The molecule has 33 heavy (non-hydrogen) atoms. The number of aryl methyl sites for hydroxylation is 2. The number of carbonyl (C=O) groups excluding carboxylic acids is 3. The monoisotopic (exact) mass is 470 g/mol. The molecule has 3 aromatic rings. The lowest BCUT2D eigenvalue weighted by Gasteiger charge is -2.10. The zero-order chi connectivity index (χ0) is 24.1. The van der Waals surface area contributed by atoms with Gasteiger partial charge in [-0.2, -0.15) is 5.10 Å². The first-order valence-corrected chi connectivity index (χ1v) is 11.2. The van der Waals surface area contributed by atoms with Gasteiger partial charge in [0, 0.05) is 6.20 Å². The highest BCUT2D eigenvalue weighted by Gasteiger charge is 2.26. The van der Waals surface area contributed by atoms with Crippen LogP contribution in [-0.2, 0) is 11.5 Å². The van der Waals surface area contributed by atoms with E-state index in [4.69, 9.17) is 15.2 Å². The van der Waals surface area contributed by atoms with Crippen LogP contribution >= 0.6 is 11.3 Å². The summed E-state index contributed by atoms with van der Waals surface area (Å²) in [4.78, 5) is 37.2. The van der Waals surface area contributed by atoms with Crippen LogP contribution in [-0.4, -0.2) is 34.2 Å². The lowest BCUT2D eigenvalue weighted by atomic mass is 10.1. The van der Waals surface area contributed by atoms with E-state index in [9.17, 15) is 14.4 Å². The average molecular weight is 471 g/mol. The van der Waals surface area contributed by atoms with Crippen molar-refractivity contribution < 1.29 is 23.9 Å². The van der Waals surface area contributed by atoms with E-state index >= 15 is 0 Å². The number of anilines is 1. The molecule has 174 valence electrons. The van der Waals surface area contributed by atoms with Gasteiger partial charge in [0.05, 0.1) is 17.0 Å². The Balaban J connectivity index is 1.75. The number of aromatic nitrogens is 2. The summed E-state index contributed by atoms with van der Waals surface area (Å²) in [5.74, 6) is -1.11. The minimum Gasteiger partial charge on any atom is -0.471 e. The second-order valence-corrected chi connectivity index (χ2v) is 8.52. The Labute approximate surface area is 195 Å². The Bertz CT molecular complexity index is 1200. The van der Waals surface area contributed by atoms with Gasteiger partial charge in [-0.3, -0.25) is 9.59 Å². The molecule has 0 saturated carbocycles. The molecule has 3 rings (SSSR count). The van der Waals surface area contributed by atoms with Crippen LogP contribution in [0.25, 0.3) is 0 Å². The van der Waals surface area contributed by atoms with E-state index in [1.807, 2.05) is 39.0 Å². The number of rotatable bonds is 9. The van der Waals surface area contributed by atoms with Gasteiger partial charge >= 0.3 is 5.97 Å². The first-order valence-electron chi connectivity index (χ1n) is 10.4. The normalized spacial score (nSPS) is 10.7. The zero-order valence-corrected chi connectivity index (χ0v) is 19.7. The maximum Gasteiger partial charge on any atom is 0.341 e. The molecule has 0 aliphatic rings. The van der Waals surface area contributed by atoms with Crippen LogP contribution in [0, 0.1) is 20.8 Å². The van der Waals surface area contributed by atoms with Gasteiger partial charge < -0.3 is 20.5 Å². The van der Waals surface area contributed by atoms with Gasteiger partial charge in [-0.05, 0) is 56.0 Å². The van der Waals surface area contributed by atoms with Crippen molar-refractivity contribution in [1.29, 1.82) is 0 Å². The number of ether oxygens (including phenoxy) is 2. The van der Waals surface area contributed by atoms with Crippen molar-refractivity contribution in [3.63, 3.8) is 0 Å². The first-order chi connectivity index (χ1) is 15.7. The predicted molar refractivity (Wildman–Crippen MR) is 125 cm³/mol. The van der Waals surface area contributed by atoms with Gasteiger partial charge in [-0.15, -0.1) is 11.3 Å². The smallest absolute Gasteiger partial charge is 0.341 e. The number of esters is 1. The van der Waals surface area contributed by atoms with Crippen LogP contribution in [0.2, 0.25) is 0 Å². The van der Waals surface area contributed by atoms with Crippen molar-refractivity contribution in [2.75, 3.05) is 11.9 Å². The Morgan fingerprint density at radius 2 is 1.94 bits per heavy atom. The third-order valence-electron chi connectivity index (χ3n) is 4.81. The van der Waals surface area contributed by atoms with Gasteiger partial charge in [0.2, 0.25) is 0 Å². The summed E-state index contributed by atoms with van der Waals surface area (Å²) in [5, 5.41) is 7.09. The molecule has 0 aliphatic carbocycles. The molecule has 0 unspecified atom stereocenters. The number of hydrogen-bond donors (Lipinski definition) is 2. The second-order valence-electron chi connectivity index (χ2n) is 7.50. The van der Waals surface area contributed by atoms with Crippen molar-refractivity contribution >= 4 is 34.1 Å². The Kier molecular flexibility index (Phi) is 7.49. The molecule has 2 aromatic heterocycles. The first kappa shape index (κ1) is 24.0. The van der Waals surface area contributed by atoms with Crippen molar-refractivity contribution in [2.45, 2.75) is 40.8 Å². The lowest BCUT2D eigenvalue weighted by molar-refractivity contribution is 0.0506. The number of primary amides is 1. The van der Waals surface area contributed by atoms with Gasteiger partial charge in [0.1, 0.15) is 10.8 Å². The molecule has 0 atom stereocenters. The van der Waals surface area contributed by atoms with Crippen molar-refractivity contribution in [1.82, 2.24) is 9.78 Å². The summed E-state index contributed by atoms with van der Waals surface area (Å²) in [7, 11) is 0. The highest BCUT2D eigenvalue weighted by Crippen LogP contribution is 2.33. The minimum absolute atomic E-state index is 0.119. The summed E-state index contributed by atoms with van der Waals surface area (Å²) >= 11 is 0.930. The largest absolute Gasteiger partial charge is 0.471 e. The highest BCUT2D eigenvalue weighted by molar-refractivity contribution is 7.18. The Morgan fingerprint density at radius 1 is 1.18 bits per heavy atom. The third kappa shape index (κ3) is 5.58. The standard InChI is InChI=1S/C23H26N4O5S/c1-5-10-31-23(30)18-15(4)19(20(24)28)33-22(18)25-21(29)16-8-9-27(26-16)12-32-17-11-13(2)6-7-14(17)3/h6-9,11H,5,10,12H2,1-4H3,(H2,24,28)(H,25,29). The van der Waals surface area contributed by atoms with Gasteiger partial charge in [-0.25, -0.2) is 9.48 Å². The molecule has 0 bridgehead atoms. The number of carbonyl (C=O) groups is 3. The molecule has 0 spiro atoms. The maximum atomic E-state index is 12.8. The van der Waals surface area contributed by atoms with Crippen molar-refractivity contribution in [2.24, 2.45) is 5.73 Å². The van der Waals surface area contributed by atoms with Crippen LogP contribution in [0.1, 0.15) is 60.6 Å². The topological polar surface area (TPSA) is 126 Å². The molecule has 3 N–H and O–H groups in total. The van der Waals surface area contributed by atoms with Gasteiger partial charge in [0.15, 0.2) is 12.4 Å². The molecule has 2 amide bonds. The lowest BCUT2D eigenvalue weighted by Crippen LogP contribution is -2.16. The molecule has 9 nitrogen and oxygen atoms in total. The Hall–Kier alpha value is -3.66. The van der Waals surface area contributed by atoms with Gasteiger partial charge in [0.25, 0.3) is 11.8 Å². The minimum atomic E-state index is -0.685. The van der Waals surface area contributed by atoms with E-state index in [-0.39, 0.29) is 34.5 Å². The summed E-state index contributed by atoms with van der Waals surface area (Å²) in [6.45, 7) is 7.72. The molecule has 0 aliphatic heterocycles. The third-order valence-corrected chi connectivity index (χ3v) is 6.03. The fourth-order valence-corrected chi connectivity index (χ4v) is 4.11. The molecule has 10 heteroatoms. The number of thiophene rings is 1. The highest BCUT2D eigenvalue weighted by atomic mass is 32.1. The Morgan fingerprint density at radius 3 is 2.64 bits per heavy atom. The predicted octanol–water partition coefficient (Wildman–Crippen LogP) is 3.82.